The van der Waals surface area contributed by atoms with Crippen molar-refractivity contribution in [2.24, 2.45) is 11.8 Å². The van der Waals surface area contributed by atoms with E-state index in [1.54, 1.807) is 9.80 Å². The second-order valence-electron chi connectivity index (χ2n) is 6.71. The average molecular weight is 348 g/mol. The average Bonchev–Trinajstić information content (AvgIpc) is 3.12. The Kier molecular flexibility index (Phi) is 5.01. The molecule has 2 fully saturated rings. The number of hydrogen-bond donors (Lipinski definition) is 1. The number of hydrogen-bond acceptors (Lipinski definition) is 3. The minimum Gasteiger partial charge on any atom is -0.481 e. The van der Waals surface area contributed by atoms with E-state index in [1.165, 1.54) is 24.3 Å². The Bertz CT molecular complexity index is 676. The van der Waals surface area contributed by atoms with Gasteiger partial charge < -0.3 is 14.9 Å². The van der Waals surface area contributed by atoms with Crippen molar-refractivity contribution in [1.82, 2.24) is 9.80 Å². The third kappa shape index (κ3) is 3.81. The van der Waals surface area contributed by atoms with E-state index in [2.05, 4.69) is 0 Å². The van der Waals surface area contributed by atoms with E-state index in [-0.39, 0.29) is 24.3 Å². The Morgan fingerprint density at radius 1 is 0.960 bits per heavy atom. The molecule has 2 amide bonds. The standard InChI is InChI=1S/C18H21FN2O4/c19-15-5-3-12(4-6-15)16(22)20-8-1-2-13(10-20)17(23)21-9-7-14(11-21)18(24)25/h3-6,13-14H,1-2,7-11H2,(H,24,25). The zero-order valence-electron chi connectivity index (χ0n) is 13.9. The normalized spacial score (nSPS) is 23.6. The van der Waals surface area contributed by atoms with Gasteiger partial charge >= 0.3 is 5.97 Å². The molecule has 6 nitrogen and oxygen atoms in total. The maximum absolute atomic E-state index is 13.0. The summed E-state index contributed by atoms with van der Waals surface area (Å²) in [5.41, 5.74) is 0.404. The van der Waals surface area contributed by atoms with Gasteiger partial charge in [-0.3, -0.25) is 14.4 Å². The number of halogens is 1. The van der Waals surface area contributed by atoms with E-state index in [1.807, 2.05) is 0 Å². The van der Waals surface area contributed by atoms with Crippen LogP contribution in [-0.4, -0.2) is 58.9 Å². The minimum atomic E-state index is -0.868. The van der Waals surface area contributed by atoms with Gasteiger partial charge in [-0.2, -0.15) is 0 Å². The fourth-order valence-electron chi connectivity index (χ4n) is 3.56. The van der Waals surface area contributed by atoms with Crippen LogP contribution in [0.15, 0.2) is 24.3 Å². The molecule has 134 valence electrons. The summed E-state index contributed by atoms with van der Waals surface area (Å²) in [6.07, 6.45) is 1.89. The van der Waals surface area contributed by atoms with E-state index in [9.17, 15) is 18.8 Å². The van der Waals surface area contributed by atoms with Crippen molar-refractivity contribution in [2.45, 2.75) is 19.3 Å². The highest BCUT2D eigenvalue weighted by atomic mass is 19.1. The molecule has 0 radical (unpaired) electrons. The molecule has 7 heteroatoms. The van der Waals surface area contributed by atoms with E-state index in [4.69, 9.17) is 5.11 Å². The van der Waals surface area contributed by atoms with Gasteiger partial charge in [-0.1, -0.05) is 0 Å². The Hall–Kier alpha value is -2.44. The maximum Gasteiger partial charge on any atom is 0.308 e. The van der Waals surface area contributed by atoms with Crippen molar-refractivity contribution in [3.05, 3.63) is 35.6 Å². The lowest BCUT2D eigenvalue weighted by Gasteiger charge is -2.34. The number of carbonyl (C=O) groups excluding carboxylic acids is 2. The van der Waals surface area contributed by atoms with Crippen molar-refractivity contribution >= 4 is 17.8 Å². The smallest absolute Gasteiger partial charge is 0.308 e. The highest BCUT2D eigenvalue weighted by Gasteiger charge is 2.36. The Morgan fingerprint density at radius 3 is 2.28 bits per heavy atom. The van der Waals surface area contributed by atoms with Crippen LogP contribution in [0.5, 0.6) is 0 Å². The van der Waals surface area contributed by atoms with Crippen LogP contribution in [0, 0.1) is 17.7 Å². The van der Waals surface area contributed by atoms with Gasteiger partial charge in [0, 0.05) is 31.7 Å². The Labute approximate surface area is 145 Å². The van der Waals surface area contributed by atoms with E-state index < -0.39 is 17.7 Å². The molecule has 0 aromatic heterocycles. The number of piperidine rings is 1. The summed E-state index contributed by atoms with van der Waals surface area (Å²) in [5.74, 6) is -2.34. The summed E-state index contributed by atoms with van der Waals surface area (Å²) >= 11 is 0. The van der Waals surface area contributed by atoms with Crippen LogP contribution >= 0.6 is 0 Å². The SMILES string of the molecule is O=C(O)C1CCN(C(=O)C2CCCN(C(=O)c3ccc(F)cc3)C2)C1. The summed E-state index contributed by atoms with van der Waals surface area (Å²) in [7, 11) is 0. The molecular weight excluding hydrogens is 327 g/mol. The lowest BCUT2D eigenvalue weighted by atomic mass is 9.96. The van der Waals surface area contributed by atoms with Crippen molar-refractivity contribution < 1.29 is 23.9 Å². The topological polar surface area (TPSA) is 77.9 Å². The van der Waals surface area contributed by atoms with Gasteiger partial charge in [0.05, 0.1) is 11.8 Å². The van der Waals surface area contributed by atoms with Gasteiger partial charge in [-0.05, 0) is 43.5 Å². The summed E-state index contributed by atoms with van der Waals surface area (Å²) in [4.78, 5) is 39.5. The van der Waals surface area contributed by atoms with Crippen molar-refractivity contribution in [3.63, 3.8) is 0 Å². The van der Waals surface area contributed by atoms with Gasteiger partial charge in [0.1, 0.15) is 5.82 Å². The van der Waals surface area contributed by atoms with Gasteiger partial charge in [0.15, 0.2) is 0 Å². The van der Waals surface area contributed by atoms with E-state index in [0.29, 0.717) is 38.0 Å². The highest BCUT2D eigenvalue weighted by Crippen LogP contribution is 2.24. The molecule has 2 saturated heterocycles. The van der Waals surface area contributed by atoms with Crippen LogP contribution in [0.4, 0.5) is 4.39 Å². The molecule has 2 unspecified atom stereocenters. The van der Waals surface area contributed by atoms with Gasteiger partial charge in [-0.25, -0.2) is 4.39 Å². The first-order chi connectivity index (χ1) is 12.0. The Morgan fingerprint density at radius 2 is 1.64 bits per heavy atom. The molecule has 1 aromatic carbocycles. The number of benzene rings is 1. The van der Waals surface area contributed by atoms with E-state index in [0.717, 1.165) is 6.42 Å². The summed E-state index contributed by atoms with van der Waals surface area (Å²) in [5, 5.41) is 9.07. The summed E-state index contributed by atoms with van der Waals surface area (Å²) in [6.45, 7) is 1.59. The van der Waals surface area contributed by atoms with Crippen molar-refractivity contribution in [1.29, 1.82) is 0 Å². The highest BCUT2D eigenvalue weighted by molar-refractivity contribution is 5.94. The van der Waals surface area contributed by atoms with Crippen LogP contribution in [0.1, 0.15) is 29.6 Å². The van der Waals surface area contributed by atoms with E-state index >= 15 is 0 Å². The first kappa shape index (κ1) is 17.4. The summed E-state index contributed by atoms with van der Waals surface area (Å²) < 4.78 is 13.0. The second kappa shape index (κ2) is 7.21. The number of carboxylic acids is 1. The third-order valence-electron chi connectivity index (χ3n) is 5.00. The van der Waals surface area contributed by atoms with Crippen LogP contribution < -0.4 is 0 Å². The first-order valence-electron chi connectivity index (χ1n) is 8.52. The third-order valence-corrected chi connectivity index (χ3v) is 5.00. The fourth-order valence-corrected chi connectivity index (χ4v) is 3.56. The molecule has 3 rings (SSSR count). The predicted octanol–water partition coefficient (Wildman–Crippen LogP) is 1.61. The molecule has 2 aliphatic rings. The molecule has 0 saturated carbocycles. The van der Waals surface area contributed by atoms with Crippen molar-refractivity contribution in [2.75, 3.05) is 26.2 Å². The molecule has 0 aliphatic carbocycles. The quantitative estimate of drug-likeness (QED) is 0.900. The van der Waals surface area contributed by atoms with Gasteiger partial charge in [-0.15, -0.1) is 0 Å². The summed E-state index contributed by atoms with van der Waals surface area (Å²) in [6, 6.07) is 5.38. The molecule has 1 N–H and O–H groups in total. The largest absolute Gasteiger partial charge is 0.481 e. The molecule has 25 heavy (non-hydrogen) atoms. The molecule has 0 spiro atoms. The first-order valence-corrected chi connectivity index (χ1v) is 8.52. The molecule has 0 bridgehead atoms. The predicted molar refractivity (Wildman–Crippen MR) is 87.4 cm³/mol. The zero-order chi connectivity index (χ0) is 18.0. The van der Waals surface area contributed by atoms with Crippen molar-refractivity contribution in [3.8, 4) is 0 Å². The maximum atomic E-state index is 13.0. The van der Waals surface area contributed by atoms with Crippen LogP contribution in [0.2, 0.25) is 0 Å². The molecular formula is C18H21FN2O4. The minimum absolute atomic E-state index is 0.0691. The second-order valence-corrected chi connectivity index (χ2v) is 6.71. The van der Waals surface area contributed by atoms with Crippen LogP contribution in [0.3, 0.4) is 0 Å². The molecule has 2 heterocycles. The Balaban J connectivity index is 1.63. The number of carboxylic acid groups (broad SMARTS) is 1. The number of rotatable bonds is 3. The number of carbonyl (C=O) groups is 3. The van der Waals surface area contributed by atoms with Gasteiger partial charge in [0.2, 0.25) is 5.91 Å². The lowest BCUT2D eigenvalue weighted by Crippen LogP contribution is -2.46. The lowest BCUT2D eigenvalue weighted by molar-refractivity contribution is -0.141. The number of aliphatic carboxylic acids is 1. The zero-order valence-corrected chi connectivity index (χ0v) is 13.9. The molecule has 1 aromatic rings. The molecule has 2 aliphatic heterocycles. The van der Waals surface area contributed by atoms with Gasteiger partial charge in [0.25, 0.3) is 5.91 Å². The number of nitrogens with zero attached hydrogens (tertiary/aromatic N) is 2. The number of likely N-dealkylation sites (tertiary alicyclic amines) is 2. The fraction of sp³-hybridized carbons (Fsp3) is 0.500. The van der Waals surface area contributed by atoms with Crippen LogP contribution in [0.25, 0.3) is 0 Å². The van der Waals surface area contributed by atoms with Crippen LogP contribution in [-0.2, 0) is 9.59 Å². The monoisotopic (exact) mass is 348 g/mol. The molecule has 2 atom stereocenters. The number of amides is 2.